The molecule has 0 atom stereocenters. The topological polar surface area (TPSA) is 45.5 Å². The van der Waals surface area contributed by atoms with Gasteiger partial charge < -0.3 is 14.6 Å². The summed E-state index contributed by atoms with van der Waals surface area (Å²) in [6.45, 7) is 5.28. The van der Waals surface area contributed by atoms with E-state index in [9.17, 15) is 4.79 Å². The number of nitrogens with zero attached hydrogens (tertiary/aromatic N) is 1. The molecule has 2 heterocycles. The van der Waals surface area contributed by atoms with Crippen LogP contribution in [0.5, 0.6) is 0 Å². The van der Waals surface area contributed by atoms with Gasteiger partial charge in [-0.15, -0.1) is 0 Å². The fourth-order valence-electron chi connectivity index (χ4n) is 1.71. The molecular weight excluding hydrogens is 192 g/mol. The summed E-state index contributed by atoms with van der Waals surface area (Å²) in [4.78, 5) is 13.8. The minimum atomic E-state index is 0.0104. The van der Waals surface area contributed by atoms with Crippen molar-refractivity contribution in [3.05, 3.63) is 23.7 Å². The molecule has 0 unspecified atom stereocenters. The van der Waals surface area contributed by atoms with Crippen molar-refractivity contribution in [1.82, 2.24) is 10.2 Å². The maximum absolute atomic E-state index is 11.9. The number of nitrogens with one attached hydrogen (secondary N) is 1. The third-order valence-corrected chi connectivity index (χ3v) is 2.63. The first-order chi connectivity index (χ1) is 7.31. The van der Waals surface area contributed by atoms with Crippen LogP contribution in [0.2, 0.25) is 0 Å². The number of furan rings is 1. The number of hydrogen-bond donors (Lipinski definition) is 1. The summed E-state index contributed by atoms with van der Waals surface area (Å²) < 4.78 is 5.44. The minimum absolute atomic E-state index is 0.0104. The molecule has 1 fully saturated rings. The summed E-state index contributed by atoms with van der Waals surface area (Å²) in [5.74, 6) is 1.35. The third kappa shape index (κ3) is 2.21. The highest BCUT2D eigenvalue weighted by Gasteiger charge is 2.20. The van der Waals surface area contributed by atoms with E-state index in [0.717, 1.165) is 38.4 Å². The second kappa shape index (κ2) is 4.49. The van der Waals surface area contributed by atoms with Crippen LogP contribution in [-0.2, 0) is 6.42 Å². The van der Waals surface area contributed by atoms with Crippen LogP contribution in [0.4, 0.5) is 0 Å². The molecule has 1 saturated heterocycles. The van der Waals surface area contributed by atoms with Gasteiger partial charge in [-0.1, -0.05) is 6.92 Å². The minimum Gasteiger partial charge on any atom is -0.456 e. The maximum Gasteiger partial charge on any atom is 0.289 e. The van der Waals surface area contributed by atoms with E-state index in [0.29, 0.717) is 5.76 Å². The van der Waals surface area contributed by atoms with Crippen molar-refractivity contribution in [2.24, 2.45) is 0 Å². The van der Waals surface area contributed by atoms with Crippen LogP contribution in [0, 0.1) is 0 Å². The first-order valence-electron chi connectivity index (χ1n) is 5.40. The Labute approximate surface area is 89.2 Å². The Kier molecular flexibility index (Phi) is 3.06. The maximum atomic E-state index is 11.9. The molecule has 4 nitrogen and oxygen atoms in total. The monoisotopic (exact) mass is 208 g/mol. The third-order valence-electron chi connectivity index (χ3n) is 2.63. The van der Waals surface area contributed by atoms with Gasteiger partial charge in [0, 0.05) is 32.6 Å². The lowest BCUT2D eigenvalue weighted by Gasteiger charge is -2.26. The van der Waals surface area contributed by atoms with Crippen molar-refractivity contribution in [3.8, 4) is 0 Å². The Morgan fingerprint density at radius 1 is 1.47 bits per heavy atom. The number of rotatable bonds is 2. The quantitative estimate of drug-likeness (QED) is 0.785. The van der Waals surface area contributed by atoms with Gasteiger partial charge in [0.1, 0.15) is 5.76 Å². The van der Waals surface area contributed by atoms with Crippen molar-refractivity contribution >= 4 is 5.91 Å². The fraction of sp³-hybridized carbons (Fsp3) is 0.545. The van der Waals surface area contributed by atoms with Crippen molar-refractivity contribution < 1.29 is 9.21 Å². The number of carbonyl (C=O) groups excluding carboxylic acids is 1. The summed E-state index contributed by atoms with van der Waals surface area (Å²) in [7, 11) is 0. The van der Waals surface area contributed by atoms with Crippen LogP contribution < -0.4 is 5.32 Å². The molecule has 0 aliphatic carbocycles. The molecule has 1 aliphatic heterocycles. The van der Waals surface area contributed by atoms with Crippen molar-refractivity contribution in [3.63, 3.8) is 0 Å². The van der Waals surface area contributed by atoms with Crippen molar-refractivity contribution in [2.45, 2.75) is 13.3 Å². The number of amides is 1. The molecule has 82 valence electrons. The number of aryl methyl sites for hydroxylation is 1. The molecule has 15 heavy (non-hydrogen) atoms. The Bertz CT molecular complexity index is 340. The molecule has 0 spiro atoms. The fourth-order valence-corrected chi connectivity index (χ4v) is 1.71. The van der Waals surface area contributed by atoms with E-state index in [-0.39, 0.29) is 5.91 Å². The van der Waals surface area contributed by atoms with Crippen LogP contribution in [0.3, 0.4) is 0 Å². The number of piperazine rings is 1. The highest BCUT2D eigenvalue weighted by Crippen LogP contribution is 2.11. The Balaban J connectivity index is 2.05. The van der Waals surface area contributed by atoms with Crippen molar-refractivity contribution in [1.29, 1.82) is 0 Å². The summed E-state index contributed by atoms with van der Waals surface area (Å²) in [5.41, 5.74) is 0. The zero-order valence-corrected chi connectivity index (χ0v) is 8.95. The standard InChI is InChI=1S/C11H16N2O2/c1-2-9-3-4-10(15-9)11(14)13-7-5-12-6-8-13/h3-4,12H,2,5-8H2,1H3. The smallest absolute Gasteiger partial charge is 0.289 e. The molecule has 1 amide bonds. The van der Waals surface area contributed by atoms with E-state index >= 15 is 0 Å². The van der Waals surface area contributed by atoms with Gasteiger partial charge in [0.05, 0.1) is 0 Å². The van der Waals surface area contributed by atoms with E-state index in [1.54, 1.807) is 6.07 Å². The molecule has 2 rings (SSSR count). The molecule has 0 radical (unpaired) electrons. The van der Waals surface area contributed by atoms with E-state index in [4.69, 9.17) is 4.42 Å². The van der Waals surface area contributed by atoms with Gasteiger partial charge in [-0.2, -0.15) is 0 Å². The average Bonchev–Trinajstić information content (AvgIpc) is 2.78. The molecule has 1 aromatic rings. The van der Waals surface area contributed by atoms with Gasteiger partial charge in [-0.25, -0.2) is 0 Å². The molecule has 0 aromatic carbocycles. The molecular formula is C11H16N2O2. The summed E-state index contributed by atoms with van der Waals surface area (Å²) in [6, 6.07) is 3.64. The van der Waals surface area contributed by atoms with Gasteiger partial charge in [-0.3, -0.25) is 4.79 Å². The lowest BCUT2D eigenvalue weighted by atomic mass is 10.3. The molecule has 1 aliphatic rings. The average molecular weight is 208 g/mol. The summed E-state index contributed by atoms with van der Waals surface area (Å²) in [6.07, 6.45) is 0.828. The SMILES string of the molecule is CCc1ccc(C(=O)N2CCNCC2)o1. The van der Waals surface area contributed by atoms with Crippen LogP contribution in [-0.4, -0.2) is 37.0 Å². The summed E-state index contributed by atoms with van der Waals surface area (Å²) in [5, 5.41) is 3.21. The normalized spacial score (nSPS) is 16.7. The second-order valence-electron chi connectivity index (χ2n) is 3.66. The lowest BCUT2D eigenvalue weighted by Crippen LogP contribution is -2.46. The van der Waals surface area contributed by atoms with Crippen LogP contribution in [0.25, 0.3) is 0 Å². The first-order valence-corrected chi connectivity index (χ1v) is 5.40. The second-order valence-corrected chi connectivity index (χ2v) is 3.66. The largest absolute Gasteiger partial charge is 0.456 e. The van der Waals surface area contributed by atoms with Crippen LogP contribution in [0.15, 0.2) is 16.5 Å². The van der Waals surface area contributed by atoms with Gasteiger partial charge in [0.25, 0.3) is 5.91 Å². The first kappa shape index (κ1) is 10.2. The van der Waals surface area contributed by atoms with Crippen LogP contribution >= 0.6 is 0 Å². The zero-order chi connectivity index (χ0) is 10.7. The van der Waals surface area contributed by atoms with Gasteiger partial charge in [-0.05, 0) is 12.1 Å². The highest BCUT2D eigenvalue weighted by molar-refractivity contribution is 5.91. The van der Waals surface area contributed by atoms with Gasteiger partial charge in [0.15, 0.2) is 5.76 Å². The highest BCUT2D eigenvalue weighted by atomic mass is 16.4. The van der Waals surface area contributed by atoms with Gasteiger partial charge >= 0.3 is 0 Å². The van der Waals surface area contributed by atoms with Crippen molar-refractivity contribution in [2.75, 3.05) is 26.2 Å². The van der Waals surface area contributed by atoms with Crippen LogP contribution in [0.1, 0.15) is 23.2 Å². The summed E-state index contributed by atoms with van der Waals surface area (Å²) >= 11 is 0. The van der Waals surface area contributed by atoms with Gasteiger partial charge in [0.2, 0.25) is 0 Å². The Hall–Kier alpha value is -1.29. The number of carbonyl (C=O) groups is 1. The zero-order valence-electron chi connectivity index (χ0n) is 8.95. The lowest BCUT2D eigenvalue weighted by molar-refractivity contribution is 0.0702. The predicted molar refractivity (Wildman–Crippen MR) is 56.9 cm³/mol. The molecule has 0 bridgehead atoms. The Morgan fingerprint density at radius 3 is 2.80 bits per heavy atom. The number of hydrogen-bond acceptors (Lipinski definition) is 3. The van der Waals surface area contributed by atoms with E-state index in [1.807, 2.05) is 17.9 Å². The molecule has 1 N–H and O–H groups in total. The van der Waals surface area contributed by atoms with E-state index in [2.05, 4.69) is 5.32 Å². The van der Waals surface area contributed by atoms with E-state index in [1.165, 1.54) is 0 Å². The van der Waals surface area contributed by atoms with E-state index < -0.39 is 0 Å². The predicted octanol–water partition coefficient (Wildman–Crippen LogP) is 0.887. The Morgan fingerprint density at radius 2 is 2.20 bits per heavy atom. The molecule has 4 heteroatoms. The molecule has 0 saturated carbocycles. The molecule has 1 aromatic heterocycles.